The van der Waals surface area contributed by atoms with Crippen molar-refractivity contribution in [3.05, 3.63) is 301 Å². The molecule has 8 aromatic heterocycles. The van der Waals surface area contributed by atoms with Crippen LogP contribution in [0.15, 0.2) is 251 Å². The SMILES string of the molecule is Cc1cccc(C(=O)Nc2cc(N(C)c3cncnc3)cc(Cl)n2)c1.Cc1cccc(C(=O)Nc2ccnc(N(C)c3cncnc3)c2)c1.Cc1cccc(C(=O)Nc2cncc(N(C)c3cccnc3)c2)c1.Cc1cccc(C(=O)Nc2cncc(Oc3cccnc3)c2)c1. The Balaban J connectivity index is 0.000000150. The molecule has 4 aromatic carbocycles. The molecular weight excluding hydrogens is 1230 g/mol. The van der Waals surface area contributed by atoms with Crippen LogP contribution in [0.25, 0.3) is 0 Å². The van der Waals surface area contributed by atoms with Gasteiger partial charge in [0.05, 0.1) is 96.1 Å². The Hall–Kier alpha value is -12.7. The Bertz CT molecular complexity index is 4440. The second-order valence-corrected chi connectivity index (χ2v) is 21.8. The molecular formula is C73H66ClN17O5. The summed E-state index contributed by atoms with van der Waals surface area (Å²) in [6.45, 7) is 7.80. The summed E-state index contributed by atoms with van der Waals surface area (Å²) in [6.07, 6.45) is 24.7. The fourth-order valence-electron chi connectivity index (χ4n) is 9.04. The Kier molecular flexibility index (Phi) is 23.7. The van der Waals surface area contributed by atoms with Gasteiger partial charge in [-0.05, 0) is 119 Å². The molecule has 0 spiro atoms. The smallest absolute Gasteiger partial charge is 0.256 e. The van der Waals surface area contributed by atoms with Crippen LogP contribution in [0.4, 0.5) is 57.1 Å². The summed E-state index contributed by atoms with van der Waals surface area (Å²) >= 11 is 6.12. The van der Waals surface area contributed by atoms with E-state index in [4.69, 9.17) is 16.3 Å². The van der Waals surface area contributed by atoms with Crippen LogP contribution < -0.4 is 40.7 Å². The number of aryl methyl sites for hydroxylation is 4. The summed E-state index contributed by atoms with van der Waals surface area (Å²) in [6, 6.07) is 47.7. The molecule has 23 heteroatoms. The lowest BCUT2D eigenvalue weighted by molar-refractivity contribution is 0.101. The number of hydrogen-bond donors (Lipinski definition) is 4. The Morgan fingerprint density at radius 2 is 0.812 bits per heavy atom. The summed E-state index contributed by atoms with van der Waals surface area (Å²) < 4.78 is 5.65. The van der Waals surface area contributed by atoms with Gasteiger partial charge in [0.25, 0.3) is 23.6 Å². The third kappa shape index (κ3) is 20.2. The molecule has 0 fully saturated rings. The van der Waals surface area contributed by atoms with Gasteiger partial charge in [0.2, 0.25) is 0 Å². The average Bonchev–Trinajstić information content (AvgIpc) is 1.23. The van der Waals surface area contributed by atoms with Crippen molar-refractivity contribution in [2.45, 2.75) is 27.7 Å². The number of amides is 4. The van der Waals surface area contributed by atoms with Gasteiger partial charge in [-0.1, -0.05) is 82.4 Å². The maximum absolute atomic E-state index is 12.4. The number of nitrogens with zero attached hydrogens (tertiary/aromatic N) is 13. The normalized spacial score (nSPS) is 10.2. The van der Waals surface area contributed by atoms with E-state index in [-0.39, 0.29) is 28.8 Å². The molecule has 0 saturated heterocycles. The fraction of sp³-hybridized carbons (Fsp3) is 0.0959. The first-order chi connectivity index (χ1) is 46.5. The number of ether oxygens (including phenoxy) is 1. The van der Waals surface area contributed by atoms with Crippen molar-refractivity contribution in [3.63, 3.8) is 0 Å². The van der Waals surface area contributed by atoms with Gasteiger partial charge in [0.15, 0.2) is 0 Å². The van der Waals surface area contributed by atoms with E-state index in [1.807, 2.05) is 155 Å². The Morgan fingerprint density at radius 1 is 0.365 bits per heavy atom. The van der Waals surface area contributed by atoms with Gasteiger partial charge in [-0.15, -0.1) is 0 Å². The highest BCUT2D eigenvalue weighted by Crippen LogP contribution is 2.29. The average molecular weight is 1300 g/mol. The van der Waals surface area contributed by atoms with Crippen LogP contribution in [0.2, 0.25) is 5.15 Å². The summed E-state index contributed by atoms with van der Waals surface area (Å²) in [7, 11) is 5.66. The van der Waals surface area contributed by atoms with Crippen molar-refractivity contribution in [1.29, 1.82) is 0 Å². The molecule has 8 heterocycles. The van der Waals surface area contributed by atoms with E-state index in [0.29, 0.717) is 62.5 Å². The van der Waals surface area contributed by atoms with Crippen molar-refractivity contribution >= 4 is 92.4 Å². The molecule has 96 heavy (non-hydrogen) atoms. The molecule has 0 aliphatic rings. The first kappa shape index (κ1) is 67.7. The highest BCUT2D eigenvalue weighted by molar-refractivity contribution is 6.30. The maximum Gasteiger partial charge on any atom is 0.256 e. The number of rotatable bonds is 16. The molecule has 0 bridgehead atoms. The Morgan fingerprint density at radius 3 is 1.32 bits per heavy atom. The highest BCUT2D eigenvalue weighted by Gasteiger charge is 2.15. The molecule has 0 aliphatic heterocycles. The molecule has 0 unspecified atom stereocenters. The molecule has 0 aliphatic carbocycles. The van der Waals surface area contributed by atoms with Gasteiger partial charge in [0, 0.05) is 91.6 Å². The minimum atomic E-state index is -0.241. The van der Waals surface area contributed by atoms with Gasteiger partial charge in [-0.2, -0.15) is 0 Å². The lowest BCUT2D eigenvalue weighted by Crippen LogP contribution is -2.15. The van der Waals surface area contributed by atoms with Gasteiger partial charge >= 0.3 is 0 Å². The predicted octanol–water partition coefficient (Wildman–Crippen LogP) is 14.7. The van der Waals surface area contributed by atoms with Crippen LogP contribution >= 0.6 is 11.6 Å². The summed E-state index contributed by atoms with van der Waals surface area (Å²) in [5, 5.41) is 11.7. The minimum absolute atomic E-state index is 0.151. The number of aromatic nitrogens is 10. The van der Waals surface area contributed by atoms with Crippen molar-refractivity contribution in [2.24, 2.45) is 0 Å². The van der Waals surface area contributed by atoms with Crippen molar-refractivity contribution < 1.29 is 23.9 Å². The van der Waals surface area contributed by atoms with E-state index < -0.39 is 0 Å². The third-order valence-electron chi connectivity index (χ3n) is 14.0. The first-order valence-corrected chi connectivity index (χ1v) is 30.1. The zero-order valence-electron chi connectivity index (χ0n) is 53.4. The number of benzene rings is 4. The van der Waals surface area contributed by atoms with Gasteiger partial charge < -0.3 is 40.7 Å². The summed E-state index contributed by atoms with van der Waals surface area (Å²) in [4.78, 5) is 95.9. The number of halogens is 1. The van der Waals surface area contributed by atoms with Crippen LogP contribution in [-0.4, -0.2) is 94.6 Å². The van der Waals surface area contributed by atoms with Gasteiger partial charge in [0.1, 0.15) is 40.9 Å². The molecule has 0 atom stereocenters. The molecule has 4 N–H and O–H groups in total. The van der Waals surface area contributed by atoms with Crippen molar-refractivity contribution in [2.75, 3.05) is 57.1 Å². The van der Waals surface area contributed by atoms with E-state index in [0.717, 1.165) is 50.7 Å². The second-order valence-electron chi connectivity index (χ2n) is 21.4. The number of pyridine rings is 6. The van der Waals surface area contributed by atoms with E-state index in [2.05, 4.69) is 71.1 Å². The van der Waals surface area contributed by atoms with Crippen LogP contribution in [0.3, 0.4) is 0 Å². The molecule has 4 amide bonds. The van der Waals surface area contributed by atoms with E-state index in [1.165, 1.54) is 12.7 Å². The topological polar surface area (TPSA) is 264 Å². The monoisotopic (exact) mass is 1300 g/mol. The molecule has 12 aromatic rings. The van der Waals surface area contributed by atoms with Crippen molar-refractivity contribution in [1.82, 2.24) is 49.8 Å². The van der Waals surface area contributed by atoms with Gasteiger partial charge in [-0.3, -0.25) is 39.1 Å². The zero-order valence-corrected chi connectivity index (χ0v) is 54.2. The first-order valence-electron chi connectivity index (χ1n) is 29.7. The number of carbonyl (C=O) groups excluding carboxylic acids is 4. The van der Waals surface area contributed by atoms with Crippen LogP contribution in [-0.2, 0) is 0 Å². The molecule has 12 rings (SSSR count). The fourth-order valence-corrected chi connectivity index (χ4v) is 9.24. The molecule has 22 nitrogen and oxygen atoms in total. The second kappa shape index (κ2) is 33.6. The van der Waals surface area contributed by atoms with E-state index in [9.17, 15) is 19.2 Å². The lowest BCUT2D eigenvalue weighted by Gasteiger charge is -2.19. The standard InChI is InChI=1S/C19H18N4O.C18H16ClN5O.C18H17N5O.C18H15N3O2/c1-14-5-3-6-15(9-14)19(24)22-16-10-18(13-21-11-16)23(2)17-7-4-8-20-12-17;1-12-4-3-5-13(6-12)18(25)23-17-8-14(7-16(19)22-17)24(2)15-9-20-11-21-10-15;1-13-4-3-5-14(8-13)18(24)22-15-6-7-21-17(9-15)23(2)16-10-19-12-20-11-16;1-13-4-2-5-14(8-13)18(22)21-15-9-17(12-20-10-15)23-16-6-3-7-19-11-16/h3-13H,1-2H3,(H,22,24);3-11H,1-2H3,(H,22,23,25);3-12H,1-2H3,(H,21,22,24);2-12H,1H3,(H,21,22). The molecule has 0 saturated carbocycles. The number of carbonyl (C=O) groups is 4. The number of nitrogens with one attached hydrogen (secondary N) is 4. The largest absolute Gasteiger partial charge is 0.454 e. The van der Waals surface area contributed by atoms with Crippen molar-refractivity contribution in [3.8, 4) is 11.5 Å². The van der Waals surface area contributed by atoms with E-state index >= 15 is 0 Å². The number of hydrogen-bond acceptors (Lipinski definition) is 18. The molecule has 480 valence electrons. The van der Waals surface area contributed by atoms with Crippen LogP contribution in [0, 0.1) is 27.7 Å². The third-order valence-corrected chi connectivity index (χ3v) is 14.2. The van der Waals surface area contributed by atoms with Crippen LogP contribution in [0.1, 0.15) is 63.7 Å². The summed E-state index contributed by atoms with van der Waals surface area (Å²) in [5.74, 6) is 1.47. The maximum atomic E-state index is 12.4. The zero-order chi connectivity index (χ0) is 67.8. The summed E-state index contributed by atoms with van der Waals surface area (Å²) in [5.41, 5.74) is 12.6. The minimum Gasteiger partial charge on any atom is -0.454 e. The predicted molar refractivity (Wildman–Crippen MR) is 375 cm³/mol. The van der Waals surface area contributed by atoms with Crippen LogP contribution in [0.5, 0.6) is 11.5 Å². The quantitative estimate of drug-likeness (QED) is 0.0655. The Labute approximate surface area is 560 Å². The molecule has 0 radical (unpaired) electrons. The lowest BCUT2D eigenvalue weighted by atomic mass is 10.1. The highest BCUT2D eigenvalue weighted by atomic mass is 35.5. The van der Waals surface area contributed by atoms with E-state index in [1.54, 1.807) is 147 Å². The number of anilines is 10. The van der Waals surface area contributed by atoms with Gasteiger partial charge in [-0.25, -0.2) is 29.9 Å².